The molecule has 0 radical (unpaired) electrons. The van der Waals surface area contributed by atoms with E-state index in [-0.39, 0.29) is 0 Å². The van der Waals surface area contributed by atoms with Gasteiger partial charge in [-0.15, -0.1) is 0 Å². The largest absolute Gasteiger partial charge is 0.456 e. The van der Waals surface area contributed by atoms with Crippen LogP contribution in [0.5, 0.6) is 0 Å². The van der Waals surface area contributed by atoms with Crippen LogP contribution in [0.15, 0.2) is 217 Å². The van der Waals surface area contributed by atoms with Crippen molar-refractivity contribution in [3.8, 4) is 89.8 Å². The molecule has 63 heavy (non-hydrogen) atoms. The Morgan fingerprint density at radius 1 is 0.333 bits per heavy atom. The summed E-state index contributed by atoms with van der Waals surface area (Å²) in [7, 11) is 0. The first-order valence-corrected chi connectivity index (χ1v) is 21.5. The van der Waals surface area contributed by atoms with Crippen LogP contribution in [-0.4, -0.2) is 15.0 Å². The number of benzene rings is 9. The lowest BCUT2D eigenvalue weighted by molar-refractivity contribution is 0.669. The van der Waals surface area contributed by atoms with E-state index in [0.717, 1.165) is 66.4 Å². The summed E-state index contributed by atoms with van der Waals surface area (Å²) in [6.45, 7) is 2.30. The van der Waals surface area contributed by atoms with Gasteiger partial charge in [0.05, 0.1) is 0 Å². The quantitative estimate of drug-likeness (QED) is 0.161. The van der Waals surface area contributed by atoms with Gasteiger partial charge in [-0.1, -0.05) is 195 Å². The summed E-state index contributed by atoms with van der Waals surface area (Å²) < 4.78 is 6.49. The van der Waals surface area contributed by atoms with E-state index in [1.165, 1.54) is 38.9 Å². The number of nitrogens with zero attached hydrogens (tertiary/aromatic N) is 3. The van der Waals surface area contributed by atoms with Crippen molar-refractivity contribution in [2.75, 3.05) is 0 Å². The van der Waals surface area contributed by atoms with Crippen molar-refractivity contribution in [3.63, 3.8) is 0 Å². The number of hydrogen-bond donors (Lipinski definition) is 0. The Labute approximate surface area is 365 Å². The van der Waals surface area contributed by atoms with Gasteiger partial charge in [-0.2, -0.15) is 0 Å². The van der Waals surface area contributed by atoms with E-state index in [4.69, 9.17) is 19.4 Å². The van der Waals surface area contributed by atoms with Crippen molar-refractivity contribution in [2.24, 2.45) is 0 Å². The number of hydrogen-bond acceptors (Lipinski definition) is 4. The molecule has 9 aromatic carbocycles. The van der Waals surface area contributed by atoms with Gasteiger partial charge >= 0.3 is 0 Å². The molecule has 0 spiro atoms. The molecule has 2 aromatic heterocycles. The first-order valence-electron chi connectivity index (χ1n) is 21.5. The van der Waals surface area contributed by atoms with Gasteiger partial charge in [0.15, 0.2) is 17.5 Å². The normalized spacial score (nSPS) is 13.0. The Hall–Kier alpha value is -8.21. The molecule has 4 nitrogen and oxygen atoms in total. The number of fused-ring (bicyclic) bond motifs is 6. The Morgan fingerprint density at radius 2 is 0.857 bits per heavy atom. The van der Waals surface area contributed by atoms with Gasteiger partial charge in [0.1, 0.15) is 11.2 Å². The van der Waals surface area contributed by atoms with Crippen LogP contribution < -0.4 is 0 Å². The molecule has 0 saturated heterocycles. The maximum Gasteiger partial charge on any atom is 0.164 e. The zero-order valence-electron chi connectivity index (χ0n) is 34.5. The first-order chi connectivity index (χ1) is 31.1. The van der Waals surface area contributed by atoms with Crippen molar-refractivity contribution in [1.82, 2.24) is 15.0 Å². The predicted molar refractivity (Wildman–Crippen MR) is 258 cm³/mol. The number of furan rings is 1. The van der Waals surface area contributed by atoms with Crippen LogP contribution >= 0.6 is 0 Å². The molecule has 0 fully saturated rings. The van der Waals surface area contributed by atoms with Crippen molar-refractivity contribution < 1.29 is 4.42 Å². The highest BCUT2D eigenvalue weighted by Crippen LogP contribution is 2.50. The minimum absolute atomic E-state index is 0.314. The molecule has 1 unspecified atom stereocenters. The number of aromatic nitrogens is 3. The van der Waals surface area contributed by atoms with Gasteiger partial charge in [0.2, 0.25) is 0 Å². The average molecular weight is 806 g/mol. The molecule has 0 N–H and O–H groups in total. The fraction of sp³-hybridized carbons (Fsp3) is 0.0339. The van der Waals surface area contributed by atoms with Crippen LogP contribution in [-0.2, 0) is 0 Å². The second-order valence-electron chi connectivity index (χ2n) is 16.3. The van der Waals surface area contributed by atoms with Crippen LogP contribution in [0.4, 0.5) is 0 Å². The highest BCUT2D eigenvalue weighted by molar-refractivity contribution is 6.13. The van der Waals surface area contributed by atoms with Crippen molar-refractivity contribution >= 4 is 21.9 Å². The minimum Gasteiger partial charge on any atom is -0.456 e. The maximum atomic E-state index is 6.49. The molecule has 11 aromatic rings. The van der Waals surface area contributed by atoms with E-state index >= 15 is 0 Å². The molecule has 1 atom stereocenters. The Bertz CT molecular complexity index is 3520. The molecule has 0 bridgehead atoms. The minimum atomic E-state index is 0.314. The molecular weight excluding hydrogens is 767 g/mol. The molecule has 1 aliphatic carbocycles. The second-order valence-corrected chi connectivity index (χ2v) is 16.3. The Morgan fingerprint density at radius 3 is 1.65 bits per heavy atom. The zero-order chi connectivity index (χ0) is 41.9. The average Bonchev–Trinajstić information content (AvgIpc) is 3.89. The van der Waals surface area contributed by atoms with Crippen molar-refractivity contribution in [1.29, 1.82) is 0 Å². The van der Waals surface area contributed by atoms with E-state index in [0.29, 0.717) is 23.4 Å². The molecule has 12 rings (SSSR count). The van der Waals surface area contributed by atoms with Gasteiger partial charge in [0, 0.05) is 33.4 Å². The lowest BCUT2D eigenvalue weighted by atomic mass is 9.90. The van der Waals surface area contributed by atoms with Crippen LogP contribution in [0.25, 0.3) is 112 Å². The van der Waals surface area contributed by atoms with Crippen LogP contribution in [0.2, 0.25) is 0 Å². The lowest BCUT2D eigenvalue weighted by Crippen LogP contribution is -2.01. The standard InChI is InChI=1S/C59H39N3O/c1-37-45-21-8-10-23-49(45)55-46(37)25-13-27-50(55)48-22-9-11-24-51(48)59-61-57(41-17-6-3-7-18-41)60-58(62-59)44-20-12-19-43(35-44)47-26-14-28-54-56(47)52-36-42(33-34-53(52)63-54)40-31-29-39(30-32-40)38-15-4-2-5-16-38/h2-37H,1H3. The van der Waals surface area contributed by atoms with Crippen LogP contribution in [0.1, 0.15) is 24.0 Å². The van der Waals surface area contributed by atoms with E-state index < -0.39 is 0 Å². The van der Waals surface area contributed by atoms with Gasteiger partial charge in [-0.05, 0) is 91.0 Å². The molecule has 1 aliphatic rings. The van der Waals surface area contributed by atoms with Gasteiger partial charge in [-0.25, -0.2) is 15.0 Å². The van der Waals surface area contributed by atoms with Gasteiger partial charge in [0.25, 0.3) is 0 Å². The highest BCUT2D eigenvalue weighted by atomic mass is 16.3. The zero-order valence-corrected chi connectivity index (χ0v) is 34.5. The fourth-order valence-electron chi connectivity index (χ4n) is 9.54. The first kappa shape index (κ1) is 36.6. The molecule has 296 valence electrons. The van der Waals surface area contributed by atoms with Gasteiger partial charge in [-0.3, -0.25) is 0 Å². The highest BCUT2D eigenvalue weighted by Gasteiger charge is 2.28. The Kier molecular flexibility index (Phi) is 8.75. The smallest absolute Gasteiger partial charge is 0.164 e. The lowest BCUT2D eigenvalue weighted by Gasteiger charge is -2.15. The molecule has 0 saturated carbocycles. The summed E-state index contributed by atoms with van der Waals surface area (Å²) in [5.74, 6) is 2.18. The van der Waals surface area contributed by atoms with E-state index in [2.05, 4.69) is 195 Å². The molecule has 2 heterocycles. The predicted octanol–water partition coefficient (Wildman–Crippen LogP) is 15.6. The van der Waals surface area contributed by atoms with Crippen molar-refractivity contribution in [3.05, 3.63) is 223 Å². The summed E-state index contributed by atoms with van der Waals surface area (Å²) in [5.41, 5.74) is 18.9. The Balaban J connectivity index is 0.978. The van der Waals surface area contributed by atoms with Crippen LogP contribution in [0, 0.1) is 0 Å². The summed E-state index contributed by atoms with van der Waals surface area (Å²) >= 11 is 0. The third-order valence-electron chi connectivity index (χ3n) is 12.6. The summed E-state index contributed by atoms with van der Waals surface area (Å²) in [6, 6.07) is 74.8. The second kappa shape index (κ2) is 15.1. The summed E-state index contributed by atoms with van der Waals surface area (Å²) in [5, 5.41) is 2.15. The van der Waals surface area contributed by atoms with E-state index in [9.17, 15) is 0 Å². The van der Waals surface area contributed by atoms with Crippen LogP contribution in [0.3, 0.4) is 0 Å². The topological polar surface area (TPSA) is 51.8 Å². The molecule has 0 aliphatic heterocycles. The molecular formula is C59H39N3O. The van der Waals surface area contributed by atoms with Crippen molar-refractivity contribution in [2.45, 2.75) is 12.8 Å². The summed E-state index contributed by atoms with van der Waals surface area (Å²) in [4.78, 5) is 15.7. The SMILES string of the molecule is CC1c2ccccc2-c2c(-c3ccccc3-c3nc(-c4ccccc4)nc(-c4cccc(-c5cccc6oc7ccc(-c8ccc(-c9ccccc9)cc8)cc7c56)c4)n3)cccc21. The number of rotatable bonds is 7. The molecule has 0 amide bonds. The fourth-order valence-corrected chi connectivity index (χ4v) is 9.54. The van der Waals surface area contributed by atoms with Gasteiger partial charge < -0.3 is 4.42 Å². The summed E-state index contributed by atoms with van der Waals surface area (Å²) in [6.07, 6.45) is 0. The monoisotopic (exact) mass is 805 g/mol. The third kappa shape index (κ3) is 6.35. The third-order valence-corrected chi connectivity index (χ3v) is 12.6. The van der Waals surface area contributed by atoms with E-state index in [1.807, 2.05) is 24.3 Å². The molecule has 4 heteroatoms. The maximum absolute atomic E-state index is 6.49. The van der Waals surface area contributed by atoms with E-state index in [1.54, 1.807) is 0 Å².